The van der Waals surface area contributed by atoms with Crippen LogP contribution >= 0.6 is 0 Å². The van der Waals surface area contributed by atoms with E-state index in [-0.39, 0.29) is 18.3 Å². The van der Waals surface area contributed by atoms with Crippen molar-refractivity contribution in [1.82, 2.24) is 19.6 Å². The van der Waals surface area contributed by atoms with E-state index >= 15 is 0 Å². The molecule has 1 saturated heterocycles. The molecule has 0 unspecified atom stereocenters. The van der Waals surface area contributed by atoms with Crippen LogP contribution in [0.15, 0.2) is 54.7 Å². The lowest BCUT2D eigenvalue weighted by Crippen LogP contribution is -2.43. The van der Waals surface area contributed by atoms with Gasteiger partial charge in [-0.1, -0.05) is 36.4 Å². The lowest BCUT2D eigenvalue weighted by molar-refractivity contribution is -0.131. The van der Waals surface area contributed by atoms with Crippen molar-refractivity contribution in [2.75, 3.05) is 33.2 Å². The molecule has 158 valence electrons. The minimum atomic E-state index is -0.123. The van der Waals surface area contributed by atoms with Gasteiger partial charge < -0.3 is 9.80 Å². The Bertz CT molecular complexity index is 969. The van der Waals surface area contributed by atoms with E-state index in [9.17, 15) is 9.18 Å². The monoisotopic (exact) mass is 408 g/mol. The summed E-state index contributed by atoms with van der Waals surface area (Å²) in [4.78, 5) is 16.9. The van der Waals surface area contributed by atoms with Crippen molar-refractivity contribution in [2.45, 2.75) is 25.8 Å². The van der Waals surface area contributed by atoms with E-state index in [1.54, 1.807) is 10.7 Å². The summed E-state index contributed by atoms with van der Waals surface area (Å²) in [6, 6.07) is 14.9. The number of likely N-dealkylation sites (N-methyl/N-ethyl adjacent to an activating group) is 1. The molecule has 3 aromatic rings. The number of rotatable bonds is 7. The number of carbonyl (C=O) groups is 1. The van der Waals surface area contributed by atoms with Gasteiger partial charge in [0.1, 0.15) is 12.4 Å². The molecule has 0 aliphatic carbocycles. The second-order valence-electron chi connectivity index (χ2n) is 8.31. The molecular formula is C24H29FN4O. The lowest BCUT2D eigenvalue weighted by atomic mass is 9.97. The van der Waals surface area contributed by atoms with Crippen LogP contribution in [-0.4, -0.2) is 58.7 Å². The Morgan fingerprint density at radius 2 is 2.00 bits per heavy atom. The number of hydrogen-bond acceptors (Lipinski definition) is 3. The molecule has 4 rings (SSSR count). The Morgan fingerprint density at radius 3 is 2.83 bits per heavy atom. The average Bonchev–Trinajstić information content (AvgIpc) is 3.15. The second-order valence-corrected chi connectivity index (χ2v) is 8.31. The summed E-state index contributed by atoms with van der Waals surface area (Å²) >= 11 is 0. The largest absolute Gasteiger partial charge is 0.344 e. The number of amides is 1. The van der Waals surface area contributed by atoms with Gasteiger partial charge in [0.05, 0.1) is 5.52 Å². The first kappa shape index (κ1) is 20.5. The molecule has 6 heteroatoms. The van der Waals surface area contributed by atoms with Gasteiger partial charge in [0.2, 0.25) is 5.91 Å². The standard InChI is InChI=1S/C24H29FN4O/c1-27(24(30)18-29-17-21-9-3-5-11-23(21)26-29)15-19-7-6-13-28(16-19)14-12-20-8-2-4-10-22(20)25/h2-5,8-11,17,19H,6-7,12-16,18H2,1H3/t19-/m0/s1. The Hall–Kier alpha value is -2.73. The summed E-state index contributed by atoms with van der Waals surface area (Å²) < 4.78 is 15.6. The molecular weight excluding hydrogens is 379 g/mol. The van der Waals surface area contributed by atoms with E-state index in [1.807, 2.05) is 54.5 Å². The van der Waals surface area contributed by atoms with Crippen LogP contribution in [0.5, 0.6) is 0 Å². The summed E-state index contributed by atoms with van der Waals surface area (Å²) in [7, 11) is 1.88. The summed E-state index contributed by atoms with van der Waals surface area (Å²) in [5, 5.41) is 5.53. The average molecular weight is 409 g/mol. The fourth-order valence-corrected chi connectivity index (χ4v) is 4.33. The fraction of sp³-hybridized carbons (Fsp3) is 0.417. The van der Waals surface area contributed by atoms with Crippen LogP contribution in [0.3, 0.4) is 0 Å². The van der Waals surface area contributed by atoms with Crippen molar-refractivity contribution in [1.29, 1.82) is 0 Å². The molecule has 0 bridgehead atoms. The minimum Gasteiger partial charge on any atom is -0.344 e. The summed E-state index contributed by atoms with van der Waals surface area (Å²) in [6.07, 6.45) is 4.89. The van der Waals surface area contributed by atoms with Crippen molar-refractivity contribution < 1.29 is 9.18 Å². The Labute approximate surface area is 177 Å². The van der Waals surface area contributed by atoms with E-state index in [0.29, 0.717) is 5.92 Å². The number of piperidine rings is 1. The molecule has 1 fully saturated rings. The van der Waals surface area contributed by atoms with Crippen molar-refractivity contribution >= 4 is 16.8 Å². The molecule has 1 amide bonds. The Morgan fingerprint density at radius 1 is 1.20 bits per heavy atom. The van der Waals surface area contributed by atoms with Gasteiger partial charge >= 0.3 is 0 Å². The van der Waals surface area contributed by atoms with Crippen molar-refractivity contribution in [3.8, 4) is 0 Å². The van der Waals surface area contributed by atoms with Gasteiger partial charge in [0, 0.05) is 38.3 Å². The van der Waals surface area contributed by atoms with Gasteiger partial charge in [-0.3, -0.25) is 9.48 Å². The van der Waals surface area contributed by atoms with Crippen LogP contribution < -0.4 is 0 Å². The van der Waals surface area contributed by atoms with Gasteiger partial charge in [-0.25, -0.2) is 4.39 Å². The topological polar surface area (TPSA) is 41.4 Å². The third kappa shape index (κ3) is 5.05. The van der Waals surface area contributed by atoms with E-state index in [1.165, 1.54) is 6.07 Å². The first-order chi connectivity index (χ1) is 14.6. The van der Waals surface area contributed by atoms with Crippen molar-refractivity contribution in [2.24, 2.45) is 5.92 Å². The van der Waals surface area contributed by atoms with E-state index in [2.05, 4.69) is 10.00 Å². The summed E-state index contributed by atoms with van der Waals surface area (Å²) in [6.45, 7) is 3.86. The molecule has 0 spiro atoms. The number of nitrogens with zero attached hydrogens (tertiary/aromatic N) is 4. The molecule has 1 aliphatic rings. The van der Waals surface area contributed by atoms with Crippen LogP contribution in [-0.2, 0) is 17.8 Å². The van der Waals surface area contributed by atoms with Gasteiger partial charge in [-0.15, -0.1) is 0 Å². The first-order valence-electron chi connectivity index (χ1n) is 10.7. The number of aromatic nitrogens is 2. The van der Waals surface area contributed by atoms with Crippen LogP contribution in [0.4, 0.5) is 4.39 Å². The number of benzene rings is 2. The van der Waals surface area contributed by atoms with Gasteiger partial charge in [-0.2, -0.15) is 5.10 Å². The quantitative estimate of drug-likeness (QED) is 0.600. The maximum atomic E-state index is 13.9. The Balaban J connectivity index is 1.27. The van der Waals surface area contributed by atoms with E-state index in [4.69, 9.17) is 0 Å². The predicted octanol–water partition coefficient (Wildman–Crippen LogP) is 3.59. The van der Waals surface area contributed by atoms with Crippen LogP contribution in [0.1, 0.15) is 18.4 Å². The molecule has 2 aromatic carbocycles. The molecule has 0 radical (unpaired) electrons. The van der Waals surface area contributed by atoms with Crippen molar-refractivity contribution in [3.05, 3.63) is 66.1 Å². The number of fused-ring (bicyclic) bond motifs is 1. The second kappa shape index (κ2) is 9.39. The third-order valence-corrected chi connectivity index (χ3v) is 5.97. The smallest absolute Gasteiger partial charge is 0.244 e. The van der Waals surface area contributed by atoms with Gasteiger partial charge in [0.25, 0.3) is 0 Å². The number of hydrogen-bond donors (Lipinski definition) is 0. The number of carbonyl (C=O) groups excluding carboxylic acids is 1. The molecule has 5 nitrogen and oxygen atoms in total. The van der Waals surface area contributed by atoms with E-state index in [0.717, 1.165) is 61.9 Å². The Kier molecular flexibility index (Phi) is 6.43. The molecule has 2 heterocycles. The van der Waals surface area contributed by atoms with Crippen molar-refractivity contribution in [3.63, 3.8) is 0 Å². The normalized spacial score (nSPS) is 17.3. The number of halogens is 1. The fourth-order valence-electron chi connectivity index (χ4n) is 4.33. The lowest BCUT2D eigenvalue weighted by Gasteiger charge is -2.34. The highest BCUT2D eigenvalue weighted by Crippen LogP contribution is 2.19. The molecule has 1 atom stereocenters. The third-order valence-electron chi connectivity index (χ3n) is 5.97. The van der Waals surface area contributed by atoms with Crippen LogP contribution in [0.2, 0.25) is 0 Å². The molecule has 0 N–H and O–H groups in total. The van der Waals surface area contributed by atoms with E-state index < -0.39 is 0 Å². The summed E-state index contributed by atoms with van der Waals surface area (Å²) in [5.41, 5.74) is 1.68. The van der Waals surface area contributed by atoms with Crippen LogP contribution in [0, 0.1) is 11.7 Å². The highest BCUT2D eigenvalue weighted by Gasteiger charge is 2.23. The maximum absolute atomic E-state index is 13.9. The zero-order valence-electron chi connectivity index (χ0n) is 17.5. The highest BCUT2D eigenvalue weighted by molar-refractivity contribution is 5.79. The zero-order valence-corrected chi connectivity index (χ0v) is 17.5. The first-order valence-corrected chi connectivity index (χ1v) is 10.7. The van der Waals surface area contributed by atoms with Gasteiger partial charge in [0.15, 0.2) is 0 Å². The zero-order chi connectivity index (χ0) is 20.9. The highest BCUT2D eigenvalue weighted by atomic mass is 19.1. The molecule has 30 heavy (non-hydrogen) atoms. The maximum Gasteiger partial charge on any atom is 0.244 e. The summed E-state index contributed by atoms with van der Waals surface area (Å²) in [5.74, 6) is 0.402. The SMILES string of the molecule is CN(C[C@@H]1CCCN(CCc2ccccc2F)C1)C(=O)Cn1cc2ccccc2n1. The van der Waals surface area contributed by atoms with Crippen LogP contribution in [0.25, 0.3) is 10.9 Å². The van der Waals surface area contributed by atoms with Gasteiger partial charge in [-0.05, 0) is 49.4 Å². The molecule has 1 aliphatic heterocycles. The number of likely N-dealkylation sites (tertiary alicyclic amines) is 1. The minimum absolute atomic E-state index is 0.0753. The molecule has 0 saturated carbocycles. The predicted molar refractivity (Wildman–Crippen MR) is 117 cm³/mol. The molecule has 1 aromatic heterocycles.